The summed E-state index contributed by atoms with van der Waals surface area (Å²) in [5.74, 6) is 2.43. The number of nitrogens with one attached hydrogen (secondary N) is 1. The number of carbonyl (C=O) groups is 1. The summed E-state index contributed by atoms with van der Waals surface area (Å²) in [7, 11) is 1.78. The second-order valence-corrected chi connectivity index (χ2v) is 8.59. The minimum atomic E-state index is -0.0730. The highest BCUT2D eigenvalue weighted by Crippen LogP contribution is 2.35. The van der Waals surface area contributed by atoms with Crippen LogP contribution in [-0.4, -0.2) is 58.7 Å². The number of piperidine rings is 1. The largest absolute Gasteiger partial charge is 0.339 e. The van der Waals surface area contributed by atoms with Gasteiger partial charge in [-0.3, -0.25) is 0 Å². The maximum atomic E-state index is 12.4. The fraction of sp³-hybridized carbons (Fsp3) is 0.850. The van der Waals surface area contributed by atoms with Crippen molar-refractivity contribution in [1.82, 2.24) is 25.3 Å². The van der Waals surface area contributed by atoms with Gasteiger partial charge in [-0.15, -0.1) is 0 Å². The summed E-state index contributed by atoms with van der Waals surface area (Å²) in [5.41, 5.74) is 0. The highest BCUT2D eigenvalue weighted by molar-refractivity contribution is 5.73. The lowest BCUT2D eigenvalue weighted by Crippen LogP contribution is -2.44. The van der Waals surface area contributed by atoms with E-state index in [9.17, 15) is 4.79 Å². The number of hydrogen-bond acceptors (Lipinski definition) is 5. The molecule has 152 valence electrons. The standard InChI is InChI=1S/C20H35N5O2/c1-15(2)13-25-12-5-4-9-17(25)10-11-21-20(26)24(3)14-18-22-19(27-23-18)16-7-6-8-16/h15-17H,4-14H2,1-3H3,(H,21,26). The van der Waals surface area contributed by atoms with Crippen LogP contribution in [0.15, 0.2) is 4.52 Å². The number of amides is 2. The second-order valence-electron chi connectivity index (χ2n) is 8.59. The zero-order chi connectivity index (χ0) is 19.2. The maximum Gasteiger partial charge on any atom is 0.317 e. The van der Waals surface area contributed by atoms with Crippen molar-refractivity contribution in [1.29, 1.82) is 0 Å². The Kier molecular flexibility index (Phi) is 7.10. The van der Waals surface area contributed by atoms with Gasteiger partial charge in [0.15, 0.2) is 5.82 Å². The summed E-state index contributed by atoms with van der Waals surface area (Å²) < 4.78 is 5.33. The zero-order valence-corrected chi connectivity index (χ0v) is 17.1. The normalized spacial score (nSPS) is 21.3. The molecule has 0 bridgehead atoms. The molecule has 7 nitrogen and oxygen atoms in total. The third kappa shape index (κ3) is 5.67. The topological polar surface area (TPSA) is 74.5 Å². The van der Waals surface area contributed by atoms with Crippen LogP contribution in [-0.2, 0) is 6.54 Å². The van der Waals surface area contributed by atoms with E-state index in [1.807, 2.05) is 0 Å². The van der Waals surface area contributed by atoms with Crippen molar-refractivity contribution in [2.24, 2.45) is 5.92 Å². The highest BCUT2D eigenvalue weighted by Gasteiger charge is 2.26. The number of nitrogens with zero attached hydrogens (tertiary/aromatic N) is 4. The van der Waals surface area contributed by atoms with Gasteiger partial charge in [0.25, 0.3) is 0 Å². The van der Waals surface area contributed by atoms with Gasteiger partial charge < -0.3 is 19.6 Å². The van der Waals surface area contributed by atoms with Crippen LogP contribution in [0.25, 0.3) is 0 Å². The molecule has 1 aliphatic carbocycles. The lowest BCUT2D eigenvalue weighted by Gasteiger charge is -2.37. The molecule has 0 spiro atoms. The molecule has 3 rings (SSSR count). The van der Waals surface area contributed by atoms with Crippen molar-refractivity contribution in [2.45, 2.75) is 77.3 Å². The third-order valence-corrected chi connectivity index (χ3v) is 5.77. The zero-order valence-electron chi connectivity index (χ0n) is 17.1. The molecule has 1 aromatic rings. The van der Waals surface area contributed by atoms with Gasteiger partial charge in [-0.1, -0.05) is 31.8 Å². The smallest absolute Gasteiger partial charge is 0.317 e. The second kappa shape index (κ2) is 9.53. The van der Waals surface area contributed by atoms with Gasteiger partial charge in [0, 0.05) is 32.1 Å². The van der Waals surface area contributed by atoms with Crippen LogP contribution in [0, 0.1) is 5.92 Å². The van der Waals surface area contributed by atoms with E-state index in [2.05, 4.69) is 34.2 Å². The molecule has 2 aliphatic rings. The number of carbonyl (C=O) groups excluding carboxylic acids is 1. The molecule has 7 heteroatoms. The minimum absolute atomic E-state index is 0.0730. The summed E-state index contributed by atoms with van der Waals surface area (Å²) in [6, 6.07) is 0.519. The van der Waals surface area contributed by atoms with Gasteiger partial charge in [-0.2, -0.15) is 4.98 Å². The molecule has 1 aromatic heterocycles. The Labute approximate surface area is 162 Å². The van der Waals surface area contributed by atoms with Gasteiger partial charge in [-0.25, -0.2) is 4.79 Å². The number of likely N-dealkylation sites (tertiary alicyclic amines) is 1. The van der Waals surface area contributed by atoms with E-state index in [1.54, 1.807) is 11.9 Å². The fourth-order valence-electron chi connectivity index (χ4n) is 4.01. The van der Waals surface area contributed by atoms with Gasteiger partial charge in [0.05, 0.1) is 6.54 Å². The molecular weight excluding hydrogens is 342 g/mol. The lowest BCUT2D eigenvalue weighted by molar-refractivity contribution is 0.124. The summed E-state index contributed by atoms with van der Waals surface area (Å²) >= 11 is 0. The van der Waals surface area contributed by atoms with E-state index in [-0.39, 0.29) is 6.03 Å². The summed E-state index contributed by atoms with van der Waals surface area (Å²) in [4.78, 5) is 21.0. The summed E-state index contributed by atoms with van der Waals surface area (Å²) in [5, 5.41) is 7.07. The molecule has 2 fully saturated rings. The average Bonchev–Trinajstić information content (AvgIpc) is 3.02. The Bertz CT molecular complexity index is 599. The molecule has 1 saturated carbocycles. The van der Waals surface area contributed by atoms with Crippen LogP contribution in [0.3, 0.4) is 0 Å². The molecule has 1 atom stereocenters. The fourth-order valence-corrected chi connectivity index (χ4v) is 4.01. The van der Waals surface area contributed by atoms with Crippen LogP contribution < -0.4 is 5.32 Å². The molecule has 0 radical (unpaired) electrons. The molecule has 0 aromatic carbocycles. The SMILES string of the molecule is CC(C)CN1CCCCC1CCNC(=O)N(C)Cc1noc(C2CCC2)n1. The minimum Gasteiger partial charge on any atom is -0.339 e. The Morgan fingerprint density at radius 2 is 2.11 bits per heavy atom. The van der Waals surface area contributed by atoms with Crippen molar-refractivity contribution in [3.05, 3.63) is 11.7 Å². The van der Waals surface area contributed by atoms with E-state index in [0.717, 1.165) is 31.7 Å². The summed E-state index contributed by atoms with van der Waals surface area (Å²) in [6.07, 6.45) is 8.35. The molecule has 1 aliphatic heterocycles. The first-order chi connectivity index (χ1) is 13.0. The Morgan fingerprint density at radius 1 is 1.30 bits per heavy atom. The first-order valence-corrected chi connectivity index (χ1v) is 10.6. The van der Waals surface area contributed by atoms with E-state index in [4.69, 9.17) is 4.52 Å². The first kappa shape index (κ1) is 20.1. The molecule has 2 heterocycles. The molecule has 27 heavy (non-hydrogen) atoms. The molecule has 1 N–H and O–H groups in total. The van der Waals surface area contributed by atoms with Crippen molar-refractivity contribution < 1.29 is 9.32 Å². The van der Waals surface area contributed by atoms with Crippen LogP contribution in [0.4, 0.5) is 4.79 Å². The first-order valence-electron chi connectivity index (χ1n) is 10.6. The van der Waals surface area contributed by atoms with E-state index >= 15 is 0 Å². The highest BCUT2D eigenvalue weighted by atomic mass is 16.5. The number of urea groups is 1. The van der Waals surface area contributed by atoms with Crippen LogP contribution in [0.1, 0.15) is 76.4 Å². The van der Waals surface area contributed by atoms with Gasteiger partial charge in [0.2, 0.25) is 5.89 Å². The average molecular weight is 378 g/mol. The predicted molar refractivity (Wildman–Crippen MR) is 104 cm³/mol. The van der Waals surface area contributed by atoms with Crippen LogP contribution in [0.2, 0.25) is 0 Å². The Balaban J connectivity index is 1.39. The van der Waals surface area contributed by atoms with Gasteiger partial charge in [-0.05, 0) is 44.6 Å². The van der Waals surface area contributed by atoms with Gasteiger partial charge in [0.1, 0.15) is 0 Å². The lowest BCUT2D eigenvalue weighted by atomic mass is 9.85. The van der Waals surface area contributed by atoms with Gasteiger partial charge >= 0.3 is 6.03 Å². The van der Waals surface area contributed by atoms with Crippen molar-refractivity contribution >= 4 is 6.03 Å². The summed E-state index contributed by atoms with van der Waals surface area (Å²) in [6.45, 7) is 7.98. The molecule has 1 saturated heterocycles. The molecule has 1 unspecified atom stereocenters. The molecule has 2 amide bonds. The monoisotopic (exact) mass is 377 g/mol. The van der Waals surface area contributed by atoms with Crippen molar-refractivity contribution in [3.8, 4) is 0 Å². The van der Waals surface area contributed by atoms with Crippen molar-refractivity contribution in [3.63, 3.8) is 0 Å². The number of hydrogen-bond donors (Lipinski definition) is 1. The van der Waals surface area contributed by atoms with E-state index in [1.165, 1.54) is 32.2 Å². The van der Waals surface area contributed by atoms with E-state index in [0.29, 0.717) is 36.8 Å². The number of rotatable bonds is 8. The van der Waals surface area contributed by atoms with Crippen LogP contribution in [0.5, 0.6) is 0 Å². The quantitative estimate of drug-likeness (QED) is 0.752. The van der Waals surface area contributed by atoms with Crippen molar-refractivity contribution in [2.75, 3.05) is 26.7 Å². The predicted octanol–water partition coefficient (Wildman–Crippen LogP) is 3.38. The molecular formula is C20H35N5O2. The Hall–Kier alpha value is -1.63. The Morgan fingerprint density at radius 3 is 2.81 bits per heavy atom. The van der Waals surface area contributed by atoms with Crippen LogP contribution >= 0.6 is 0 Å². The number of aromatic nitrogens is 2. The maximum absolute atomic E-state index is 12.4. The third-order valence-electron chi connectivity index (χ3n) is 5.77. The van der Waals surface area contributed by atoms with E-state index < -0.39 is 0 Å².